The summed E-state index contributed by atoms with van der Waals surface area (Å²) in [6.07, 6.45) is 6.48. The Kier molecular flexibility index (Phi) is 6.23. The Labute approximate surface area is 211 Å². The van der Waals surface area contributed by atoms with Gasteiger partial charge in [-0.25, -0.2) is 14.4 Å². The summed E-state index contributed by atoms with van der Waals surface area (Å²) in [5.41, 5.74) is 7.84. The van der Waals surface area contributed by atoms with E-state index in [4.69, 9.17) is 24.7 Å². The van der Waals surface area contributed by atoms with Crippen molar-refractivity contribution in [3.63, 3.8) is 0 Å². The number of fused-ring (bicyclic) bond motifs is 1. The van der Waals surface area contributed by atoms with Gasteiger partial charge in [-0.3, -0.25) is 9.48 Å². The number of likely N-dealkylation sites (tertiary alicyclic amines) is 1. The minimum absolute atomic E-state index is 0.00401. The van der Waals surface area contributed by atoms with Crippen LogP contribution in [0.15, 0.2) is 47.9 Å². The molecule has 10 nitrogen and oxygen atoms in total. The Morgan fingerprint density at radius 3 is 2.84 bits per heavy atom. The average molecular weight is 503 g/mol. The van der Waals surface area contributed by atoms with E-state index >= 15 is 0 Å². The number of aromatic nitrogens is 4. The van der Waals surface area contributed by atoms with Crippen molar-refractivity contribution in [2.45, 2.75) is 12.5 Å². The van der Waals surface area contributed by atoms with Crippen molar-refractivity contribution in [1.29, 1.82) is 0 Å². The molecule has 1 fully saturated rings. The molecule has 11 heteroatoms. The predicted octanol–water partition coefficient (Wildman–Crippen LogP) is 3.18. The smallest absolute Gasteiger partial charge is 0.246 e. The lowest BCUT2D eigenvalue weighted by Crippen LogP contribution is -2.27. The molecule has 1 aromatic carbocycles. The van der Waals surface area contributed by atoms with Crippen LogP contribution in [0.25, 0.3) is 22.4 Å². The average Bonchev–Trinajstić information content (AvgIpc) is 3.68. The molecular formula is C26H23FN6O4. The highest BCUT2D eigenvalue weighted by atomic mass is 19.1. The molecule has 1 atom stereocenters. The van der Waals surface area contributed by atoms with Crippen LogP contribution in [-0.2, 0) is 4.79 Å². The number of pyridine rings is 1. The summed E-state index contributed by atoms with van der Waals surface area (Å²) in [7, 11) is 2.83. The van der Waals surface area contributed by atoms with Gasteiger partial charge in [-0.15, -0.1) is 0 Å². The van der Waals surface area contributed by atoms with Crippen LogP contribution in [0.1, 0.15) is 23.7 Å². The summed E-state index contributed by atoms with van der Waals surface area (Å²) in [5.74, 6) is 5.92. The zero-order valence-corrected chi connectivity index (χ0v) is 20.2. The van der Waals surface area contributed by atoms with E-state index in [0.717, 1.165) is 0 Å². The van der Waals surface area contributed by atoms with Crippen LogP contribution in [0.2, 0.25) is 0 Å². The van der Waals surface area contributed by atoms with Crippen LogP contribution in [0, 0.1) is 17.7 Å². The highest BCUT2D eigenvalue weighted by molar-refractivity contribution is 6.01. The van der Waals surface area contributed by atoms with Gasteiger partial charge in [-0.05, 0) is 24.5 Å². The van der Waals surface area contributed by atoms with E-state index in [2.05, 4.69) is 28.4 Å². The Morgan fingerprint density at radius 2 is 2.14 bits per heavy atom. The molecule has 1 amide bonds. The number of carbonyl (C=O) groups is 1. The lowest BCUT2D eigenvalue weighted by atomic mass is 10.1. The minimum atomic E-state index is -0.625. The molecule has 4 heterocycles. The second-order valence-electron chi connectivity index (χ2n) is 8.28. The number of methoxy groups -OCH3 is 2. The summed E-state index contributed by atoms with van der Waals surface area (Å²) in [5, 5.41) is 5.24. The van der Waals surface area contributed by atoms with Crippen LogP contribution < -0.4 is 15.2 Å². The number of ether oxygens (including phenoxy) is 2. The van der Waals surface area contributed by atoms with Gasteiger partial charge in [-0.1, -0.05) is 12.5 Å². The molecule has 0 spiro atoms. The molecule has 0 bridgehead atoms. The number of amides is 1. The molecule has 4 aromatic rings. The topological polar surface area (TPSA) is 122 Å². The molecule has 37 heavy (non-hydrogen) atoms. The minimum Gasteiger partial charge on any atom is -0.497 e. The second kappa shape index (κ2) is 9.66. The van der Waals surface area contributed by atoms with Gasteiger partial charge in [0.05, 0.1) is 48.5 Å². The standard InChI is InChI=1S/C26H23FN6O4/c1-4-21(34)32-9-7-16(14-32)33-24-18(26-29-8-10-37-26)13-30-25(28)22(24)19(31-33)6-5-15-11-17(35-2)12-20(36-3)23(15)27/h4,8,10-13,16H,1,7,9,14H2,2-3H3,(H2,28,30)/t16-/m0/s1. The molecule has 1 aliphatic heterocycles. The Bertz CT molecular complexity index is 1570. The highest BCUT2D eigenvalue weighted by Gasteiger charge is 2.31. The van der Waals surface area contributed by atoms with Crippen LogP contribution in [0.3, 0.4) is 0 Å². The lowest BCUT2D eigenvalue weighted by Gasteiger charge is -2.16. The molecule has 0 unspecified atom stereocenters. The van der Waals surface area contributed by atoms with Crippen molar-refractivity contribution in [3.05, 3.63) is 60.5 Å². The summed E-state index contributed by atoms with van der Waals surface area (Å²) >= 11 is 0. The number of nitrogens with zero attached hydrogens (tertiary/aromatic N) is 5. The van der Waals surface area contributed by atoms with Crippen LogP contribution >= 0.6 is 0 Å². The highest BCUT2D eigenvalue weighted by Crippen LogP contribution is 2.36. The van der Waals surface area contributed by atoms with Crippen LogP contribution in [-0.4, -0.2) is 57.9 Å². The fourth-order valence-electron chi connectivity index (χ4n) is 4.39. The van der Waals surface area contributed by atoms with Crippen LogP contribution in [0.4, 0.5) is 10.2 Å². The lowest BCUT2D eigenvalue weighted by molar-refractivity contribution is -0.125. The molecule has 0 aliphatic carbocycles. The summed E-state index contributed by atoms with van der Waals surface area (Å²) in [6, 6.07) is 2.73. The van der Waals surface area contributed by atoms with Gasteiger partial charge < -0.3 is 24.5 Å². The molecule has 0 radical (unpaired) electrons. The van der Waals surface area contributed by atoms with E-state index in [1.54, 1.807) is 15.8 Å². The number of oxazole rings is 1. The molecular weight excluding hydrogens is 479 g/mol. The summed E-state index contributed by atoms with van der Waals surface area (Å²) in [4.78, 5) is 22.5. The summed E-state index contributed by atoms with van der Waals surface area (Å²) < 4.78 is 32.6. The van der Waals surface area contributed by atoms with Crippen molar-refractivity contribution in [1.82, 2.24) is 24.6 Å². The van der Waals surface area contributed by atoms with Gasteiger partial charge in [0.2, 0.25) is 11.8 Å². The summed E-state index contributed by atoms with van der Waals surface area (Å²) in [6.45, 7) is 4.54. The number of carbonyl (C=O) groups excluding carboxylic acids is 1. The van der Waals surface area contributed by atoms with Gasteiger partial charge in [0, 0.05) is 25.4 Å². The number of anilines is 1. The van der Waals surface area contributed by atoms with Crippen molar-refractivity contribution >= 4 is 22.6 Å². The zero-order chi connectivity index (χ0) is 26.1. The molecule has 1 saturated heterocycles. The number of benzene rings is 1. The quantitative estimate of drug-likeness (QED) is 0.326. The van der Waals surface area contributed by atoms with E-state index < -0.39 is 5.82 Å². The number of hydrogen-bond donors (Lipinski definition) is 1. The molecule has 5 rings (SSSR count). The van der Waals surface area contributed by atoms with Crippen molar-refractivity contribution in [2.75, 3.05) is 33.0 Å². The first-order valence-electron chi connectivity index (χ1n) is 11.4. The molecule has 0 saturated carbocycles. The van der Waals surface area contributed by atoms with Gasteiger partial charge >= 0.3 is 0 Å². The Hall–Kier alpha value is -4.85. The largest absolute Gasteiger partial charge is 0.497 e. The van der Waals surface area contributed by atoms with E-state index in [9.17, 15) is 9.18 Å². The van der Waals surface area contributed by atoms with Crippen molar-refractivity contribution in [2.24, 2.45) is 0 Å². The first-order chi connectivity index (χ1) is 17.9. The molecule has 1 aliphatic rings. The molecule has 3 aromatic heterocycles. The SMILES string of the molecule is C=CC(=O)N1CC[C@H](n2nc(C#Cc3cc(OC)cc(OC)c3F)c3c(N)ncc(-c4ncco4)c32)C1. The third kappa shape index (κ3) is 4.23. The molecule has 2 N–H and O–H groups in total. The third-order valence-corrected chi connectivity index (χ3v) is 6.20. The number of nitrogens with two attached hydrogens (primary N) is 1. The maximum absolute atomic E-state index is 14.9. The van der Waals surface area contributed by atoms with Crippen LogP contribution in [0.5, 0.6) is 11.5 Å². The van der Waals surface area contributed by atoms with E-state index in [-0.39, 0.29) is 29.1 Å². The van der Waals surface area contributed by atoms with Gasteiger partial charge in [0.1, 0.15) is 23.5 Å². The normalized spacial score (nSPS) is 14.9. The zero-order valence-electron chi connectivity index (χ0n) is 20.2. The van der Waals surface area contributed by atoms with E-state index in [1.807, 2.05) is 0 Å². The third-order valence-electron chi connectivity index (χ3n) is 6.20. The van der Waals surface area contributed by atoms with Gasteiger partial charge in [0.25, 0.3) is 0 Å². The maximum atomic E-state index is 14.9. The fourth-order valence-corrected chi connectivity index (χ4v) is 4.39. The number of rotatable bonds is 5. The van der Waals surface area contributed by atoms with Gasteiger partial charge in [0.15, 0.2) is 11.6 Å². The maximum Gasteiger partial charge on any atom is 0.246 e. The fraction of sp³-hybridized carbons (Fsp3) is 0.231. The van der Waals surface area contributed by atoms with Crippen molar-refractivity contribution < 1.29 is 23.1 Å². The number of halogens is 1. The monoisotopic (exact) mass is 502 g/mol. The predicted molar refractivity (Wildman–Crippen MR) is 133 cm³/mol. The number of nitrogen functional groups attached to an aromatic ring is 1. The Morgan fingerprint density at radius 1 is 1.30 bits per heavy atom. The van der Waals surface area contributed by atoms with Crippen molar-refractivity contribution in [3.8, 4) is 34.8 Å². The first kappa shape index (κ1) is 23.9. The van der Waals surface area contributed by atoms with Gasteiger partial charge in [-0.2, -0.15) is 5.10 Å². The first-order valence-corrected chi connectivity index (χ1v) is 11.4. The number of hydrogen-bond acceptors (Lipinski definition) is 8. The Balaban J connectivity index is 1.69. The second-order valence-corrected chi connectivity index (χ2v) is 8.28. The van der Waals surface area contributed by atoms with E-state index in [1.165, 1.54) is 44.9 Å². The molecule has 188 valence electrons. The van der Waals surface area contributed by atoms with E-state index in [0.29, 0.717) is 53.3 Å².